The lowest BCUT2D eigenvalue weighted by Gasteiger charge is -2.10. The molecule has 0 fully saturated rings. The molecule has 0 spiro atoms. The van der Waals surface area contributed by atoms with E-state index in [1.165, 1.54) is 30.1 Å². The van der Waals surface area contributed by atoms with Crippen LogP contribution >= 0.6 is 0 Å². The van der Waals surface area contributed by atoms with Crippen LogP contribution in [-0.4, -0.2) is 28.0 Å². The zero-order valence-electron chi connectivity index (χ0n) is 10.9. The zero-order valence-corrected chi connectivity index (χ0v) is 10.9. The van der Waals surface area contributed by atoms with E-state index in [4.69, 9.17) is 9.84 Å². The quantitative estimate of drug-likeness (QED) is 0.942. The molecule has 0 aliphatic carbocycles. The number of hydrogen-bond donors (Lipinski definition) is 1. The van der Waals surface area contributed by atoms with Crippen molar-refractivity contribution in [2.75, 3.05) is 7.11 Å². The van der Waals surface area contributed by atoms with E-state index in [-0.39, 0.29) is 12.3 Å². The van der Waals surface area contributed by atoms with Crippen LogP contribution in [-0.2, 0) is 17.4 Å². The number of nitrogens with zero attached hydrogens (tertiary/aromatic N) is 2. The molecule has 1 N–H and O–H groups in total. The highest BCUT2D eigenvalue weighted by molar-refractivity contribution is 5.71. The Balaban J connectivity index is 2.38. The number of aromatic nitrogens is 2. The molecule has 8 heteroatoms. The van der Waals surface area contributed by atoms with Crippen molar-refractivity contribution in [3.8, 4) is 11.6 Å². The van der Waals surface area contributed by atoms with Gasteiger partial charge in [0.25, 0.3) is 0 Å². The van der Waals surface area contributed by atoms with Gasteiger partial charge in [-0.3, -0.25) is 4.79 Å². The second-order valence-electron chi connectivity index (χ2n) is 4.21. The molecule has 0 atom stereocenters. The van der Waals surface area contributed by atoms with Gasteiger partial charge >= 0.3 is 12.1 Å². The number of benzene rings is 1. The number of aliphatic carboxylic acids is 1. The first kappa shape index (κ1) is 14.9. The zero-order chi connectivity index (χ0) is 15.6. The van der Waals surface area contributed by atoms with Crippen molar-refractivity contribution in [2.45, 2.75) is 12.6 Å². The van der Waals surface area contributed by atoms with E-state index >= 15 is 0 Å². The Morgan fingerprint density at radius 3 is 2.43 bits per heavy atom. The number of carboxylic acids is 1. The molecule has 112 valence electrons. The Labute approximate surface area is 117 Å². The van der Waals surface area contributed by atoms with E-state index in [0.29, 0.717) is 11.3 Å². The number of ether oxygens (including phenoxy) is 1. The Bertz CT molecular complexity index is 648. The molecule has 0 amide bonds. The second-order valence-corrected chi connectivity index (χ2v) is 4.21. The molecular formula is C13H11F3N2O3. The van der Waals surface area contributed by atoms with Gasteiger partial charge in [0.05, 0.1) is 31.0 Å². The molecule has 21 heavy (non-hydrogen) atoms. The maximum Gasteiger partial charge on any atom is 0.416 e. The largest absolute Gasteiger partial charge is 0.481 e. The molecule has 1 heterocycles. The van der Waals surface area contributed by atoms with Crippen LogP contribution in [0.2, 0.25) is 0 Å². The van der Waals surface area contributed by atoms with Crippen molar-refractivity contribution in [2.24, 2.45) is 0 Å². The van der Waals surface area contributed by atoms with Gasteiger partial charge in [-0.25, -0.2) is 4.68 Å². The molecular weight excluding hydrogens is 289 g/mol. The third-order valence-corrected chi connectivity index (χ3v) is 2.77. The normalized spacial score (nSPS) is 11.4. The maximum absolute atomic E-state index is 12.5. The van der Waals surface area contributed by atoms with Gasteiger partial charge in [0.2, 0.25) is 5.88 Å². The van der Waals surface area contributed by atoms with Crippen LogP contribution in [0.25, 0.3) is 5.69 Å². The molecule has 0 radical (unpaired) electrons. The summed E-state index contributed by atoms with van der Waals surface area (Å²) in [7, 11) is 1.34. The summed E-state index contributed by atoms with van der Waals surface area (Å²) in [6.45, 7) is 0. The van der Waals surface area contributed by atoms with Crippen molar-refractivity contribution < 1.29 is 27.8 Å². The number of carbonyl (C=O) groups is 1. The minimum Gasteiger partial charge on any atom is -0.481 e. The van der Waals surface area contributed by atoms with Crippen LogP contribution in [0.15, 0.2) is 30.5 Å². The summed E-state index contributed by atoms with van der Waals surface area (Å²) in [5.41, 5.74) is -0.0930. The summed E-state index contributed by atoms with van der Waals surface area (Å²) < 4.78 is 43.8. The molecule has 1 aromatic carbocycles. The average molecular weight is 300 g/mol. The number of rotatable bonds is 4. The predicted molar refractivity (Wildman–Crippen MR) is 66.5 cm³/mol. The fourth-order valence-electron chi connectivity index (χ4n) is 1.85. The Morgan fingerprint density at radius 1 is 1.33 bits per heavy atom. The van der Waals surface area contributed by atoms with Gasteiger partial charge in [-0.2, -0.15) is 18.3 Å². The third kappa shape index (κ3) is 3.15. The van der Waals surface area contributed by atoms with Crippen molar-refractivity contribution in [3.05, 3.63) is 41.6 Å². The van der Waals surface area contributed by atoms with Gasteiger partial charge in [0.15, 0.2) is 0 Å². The molecule has 0 saturated carbocycles. The number of hydrogen-bond acceptors (Lipinski definition) is 3. The lowest BCUT2D eigenvalue weighted by atomic mass is 10.2. The van der Waals surface area contributed by atoms with E-state index in [2.05, 4.69) is 5.10 Å². The minimum absolute atomic E-state index is 0.178. The van der Waals surface area contributed by atoms with Crippen LogP contribution in [0.5, 0.6) is 5.88 Å². The Kier molecular flexibility index (Phi) is 3.88. The van der Waals surface area contributed by atoms with Crippen molar-refractivity contribution >= 4 is 5.97 Å². The first-order valence-electron chi connectivity index (χ1n) is 5.83. The smallest absolute Gasteiger partial charge is 0.416 e. The number of methoxy groups -OCH3 is 1. The van der Waals surface area contributed by atoms with Crippen molar-refractivity contribution in [3.63, 3.8) is 0 Å². The van der Waals surface area contributed by atoms with Gasteiger partial charge in [-0.1, -0.05) is 0 Å². The highest BCUT2D eigenvalue weighted by atomic mass is 19.4. The van der Waals surface area contributed by atoms with Crippen LogP contribution in [0.3, 0.4) is 0 Å². The lowest BCUT2D eigenvalue weighted by molar-refractivity contribution is -0.138. The fraction of sp³-hybridized carbons (Fsp3) is 0.231. The van der Waals surface area contributed by atoms with E-state index in [9.17, 15) is 18.0 Å². The summed E-state index contributed by atoms with van der Waals surface area (Å²) in [6.07, 6.45) is -3.39. The van der Waals surface area contributed by atoms with Crippen LogP contribution < -0.4 is 4.74 Å². The number of alkyl halides is 3. The summed E-state index contributed by atoms with van der Waals surface area (Å²) in [4.78, 5) is 10.7. The minimum atomic E-state index is -4.42. The van der Waals surface area contributed by atoms with E-state index in [0.717, 1.165) is 12.1 Å². The van der Waals surface area contributed by atoms with Crippen molar-refractivity contribution in [1.82, 2.24) is 9.78 Å². The fourth-order valence-corrected chi connectivity index (χ4v) is 1.85. The van der Waals surface area contributed by atoms with Crippen molar-refractivity contribution in [1.29, 1.82) is 0 Å². The van der Waals surface area contributed by atoms with E-state index in [1.807, 2.05) is 0 Å². The van der Waals surface area contributed by atoms with Gasteiger partial charge < -0.3 is 9.84 Å². The van der Waals surface area contributed by atoms with Gasteiger partial charge in [-0.05, 0) is 24.3 Å². The summed E-state index contributed by atoms with van der Waals surface area (Å²) in [6, 6.07) is 4.33. The Hall–Kier alpha value is -2.51. The van der Waals surface area contributed by atoms with Crippen LogP contribution in [0, 0.1) is 0 Å². The van der Waals surface area contributed by atoms with E-state index < -0.39 is 17.7 Å². The molecule has 2 aromatic rings. The molecule has 1 aromatic heterocycles. The molecule has 0 aliphatic heterocycles. The second kappa shape index (κ2) is 5.47. The van der Waals surface area contributed by atoms with Gasteiger partial charge in [0, 0.05) is 5.56 Å². The monoisotopic (exact) mass is 300 g/mol. The highest BCUT2D eigenvalue weighted by Gasteiger charge is 2.30. The molecule has 0 saturated heterocycles. The molecule has 5 nitrogen and oxygen atoms in total. The summed E-state index contributed by atoms with van der Waals surface area (Å²) >= 11 is 0. The van der Waals surface area contributed by atoms with Gasteiger partial charge in [0.1, 0.15) is 0 Å². The summed E-state index contributed by atoms with van der Waals surface area (Å²) in [5, 5.41) is 12.7. The molecule has 0 unspecified atom stereocenters. The first-order valence-corrected chi connectivity index (χ1v) is 5.83. The standard InChI is InChI=1S/C13H11F3N2O3/c1-21-12-8(6-11(19)20)7-17-18(12)10-4-2-9(3-5-10)13(14,15)16/h2-5,7H,6H2,1H3,(H,19,20). The highest BCUT2D eigenvalue weighted by Crippen LogP contribution is 2.30. The molecule has 0 aliphatic rings. The summed E-state index contributed by atoms with van der Waals surface area (Å²) in [5.74, 6) is -0.877. The van der Waals surface area contributed by atoms with Crippen LogP contribution in [0.4, 0.5) is 13.2 Å². The van der Waals surface area contributed by atoms with Gasteiger partial charge in [-0.15, -0.1) is 0 Å². The average Bonchev–Trinajstić information content (AvgIpc) is 2.79. The molecule has 2 rings (SSSR count). The SMILES string of the molecule is COc1c(CC(=O)O)cnn1-c1ccc(C(F)(F)F)cc1. The maximum atomic E-state index is 12.5. The molecule has 0 bridgehead atoms. The lowest BCUT2D eigenvalue weighted by Crippen LogP contribution is -2.06. The van der Waals surface area contributed by atoms with E-state index in [1.54, 1.807) is 0 Å². The topological polar surface area (TPSA) is 64.3 Å². The third-order valence-electron chi connectivity index (χ3n) is 2.77. The Morgan fingerprint density at radius 2 is 1.95 bits per heavy atom. The predicted octanol–water partition coefficient (Wildman–Crippen LogP) is 2.53. The first-order chi connectivity index (χ1) is 9.82. The number of carboxylic acid groups (broad SMARTS) is 1. The van der Waals surface area contributed by atoms with Crippen LogP contribution in [0.1, 0.15) is 11.1 Å². The number of halogens is 3.